The Morgan fingerprint density at radius 1 is 1.45 bits per heavy atom. The summed E-state index contributed by atoms with van der Waals surface area (Å²) in [7, 11) is -5.30. The van der Waals surface area contributed by atoms with Crippen LogP contribution < -0.4 is 4.74 Å². The van der Waals surface area contributed by atoms with Crippen LogP contribution in [0, 0.1) is 11.3 Å². The molecule has 1 unspecified atom stereocenters. The van der Waals surface area contributed by atoms with Gasteiger partial charge >= 0.3 is 0 Å². The highest BCUT2D eigenvalue weighted by molar-refractivity contribution is 8.88. The quantitative estimate of drug-likeness (QED) is 0.670. The fourth-order valence-electron chi connectivity index (χ4n) is 2.23. The van der Waals surface area contributed by atoms with E-state index in [9.17, 15) is 8.42 Å². The van der Waals surface area contributed by atoms with Gasteiger partial charge in [0.05, 0.1) is 11.5 Å². The van der Waals surface area contributed by atoms with Crippen LogP contribution in [0.1, 0.15) is 12.5 Å². The zero-order valence-corrected chi connectivity index (χ0v) is 12.4. The number of ether oxygens (including phenoxy) is 1. The van der Waals surface area contributed by atoms with Gasteiger partial charge in [0.25, 0.3) is 0 Å². The van der Waals surface area contributed by atoms with Crippen molar-refractivity contribution in [3.63, 3.8) is 0 Å². The molecule has 104 valence electrons. The normalized spacial score (nSPS) is 22.5. The first kappa shape index (κ1) is 13.2. The van der Waals surface area contributed by atoms with Crippen molar-refractivity contribution in [3.05, 3.63) is 34.9 Å². The lowest BCUT2D eigenvalue weighted by atomic mass is 10.2. The third-order valence-corrected chi connectivity index (χ3v) is 9.33. The standard InChI is InChI=1S/C13H12N2O3S2/c1-9-8-15-13(7-14)19(9)20(16,17)11-2-3-12-10(6-11)4-5-18-12/h2-3,6,8,19H,4-5H2,1H3. The minimum absolute atomic E-state index is 0.0919. The van der Waals surface area contributed by atoms with Crippen molar-refractivity contribution in [1.29, 1.82) is 5.26 Å². The summed E-state index contributed by atoms with van der Waals surface area (Å²) in [5.74, 6) is 0.740. The summed E-state index contributed by atoms with van der Waals surface area (Å²) in [4.78, 5) is 4.77. The number of thiol groups is 1. The minimum Gasteiger partial charge on any atom is -0.493 e. The molecule has 0 radical (unpaired) electrons. The van der Waals surface area contributed by atoms with Gasteiger partial charge in [-0.2, -0.15) is 5.26 Å². The van der Waals surface area contributed by atoms with Crippen LogP contribution in [-0.4, -0.2) is 20.1 Å². The fourth-order valence-corrected chi connectivity index (χ4v) is 7.53. The van der Waals surface area contributed by atoms with Gasteiger partial charge in [-0.1, -0.05) is 9.93 Å². The van der Waals surface area contributed by atoms with Crippen LogP contribution in [0.25, 0.3) is 0 Å². The average molecular weight is 308 g/mol. The Kier molecular flexibility index (Phi) is 3.07. The predicted molar refractivity (Wildman–Crippen MR) is 78.6 cm³/mol. The van der Waals surface area contributed by atoms with Crippen molar-refractivity contribution >= 4 is 23.8 Å². The topological polar surface area (TPSA) is 79.5 Å². The van der Waals surface area contributed by atoms with Crippen LogP contribution in [0.4, 0.5) is 0 Å². The summed E-state index contributed by atoms with van der Waals surface area (Å²) in [5, 5.41) is 9.13. The Morgan fingerprint density at radius 2 is 2.25 bits per heavy atom. The van der Waals surface area contributed by atoms with Crippen molar-refractivity contribution in [2.24, 2.45) is 4.99 Å². The average Bonchev–Trinajstić information content (AvgIpc) is 3.03. The zero-order valence-electron chi connectivity index (χ0n) is 10.7. The number of allylic oxidation sites excluding steroid dienone is 1. The molecular weight excluding hydrogens is 296 g/mol. The molecule has 0 N–H and O–H groups in total. The highest BCUT2D eigenvalue weighted by atomic mass is 33.2. The number of hydrogen-bond donors (Lipinski definition) is 1. The van der Waals surface area contributed by atoms with E-state index in [4.69, 9.17) is 10.00 Å². The molecule has 0 bridgehead atoms. The molecule has 0 aliphatic carbocycles. The molecule has 1 atom stereocenters. The number of rotatable bonds is 2. The summed E-state index contributed by atoms with van der Waals surface area (Å²) in [6.07, 6.45) is 2.18. The zero-order chi connectivity index (χ0) is 14.3. The lowest BCUT2D eigenvalue weighted by Crippen LogP contribution is -2.08. The van der Waals surface area contributed by atoms with Gasteiger partial charge in [0.2, 0.25) is 8.87 Å². The molecule has 1 aromatic carbocycles. The van der Waals surface area contributed by atoms with E-state index >= 15 is 0 Å². The van der Waals surface area contributed by atoms with Crippen LogP contribution in [0.2, 0.25) is 0 Å². The molecule has 0 amide bonds. The molecule has 7 heteroatoms. The molecule has 5 nitrogen and oxygen atoms in total. The highest BCUT2D eigenvalue weighted by Crippen LogP contribution is 2.50. The smallest absolute Gasteiger partial charge is 0.219 e. The van der Waals surface area contributed by atoms with Crippen molar-refractivity contribution in [2.75, 3.05) is 6.61 Å². The largest absolute Gasteiger partial charge is 0.493 e. The van der Waals surface area contributed by atoms with E-state index in [1.807, 2.05) is 6.07 Å². The first-order valence-corrected chi connectivity index (χ1v) is 9.43. The van der Waals surface area contributed by atoms with Gasteiger partial charge in [-0.3, -0.25) is 0 Å². The van der Waals surface area contributed by atoms with Gasteiger partial charge in [-0.15, -0.1) is 0 Å². The van der Waals surface area contributed by atoms with E-state index in [1.54, 1.807) is 25.1 Å². The molecule has 0 aromatic heterocycles. The number of nitrogens with zero attached hydrogens (tertiary/aromatic N) is 2. The van der Waals surface area contributed by atoms with Gasteiger partial charge in [0, 0.05) is 12.6 Å². The molecule has 2 aliphatic rings. The van der Waals surface area contributed by atoms with Crippen LogP contribution in [0.15, 0.2) is 39.2 Å². The Labute approximate surface area is 119 Å². The molecular formula is C13H12N2O3S2. The second kappa shape index (κ2) is 4.65. The molecule has 0 spiro atoms. The Hall–Kier alpha value is -1.78. The van der Waals surface area contributed by atoms with Crippen LogP contribution in [0.3, 0.4) is 0 Å². The number of benzene rings is 1. The highest BCUT2D eigenvalue weighted by Gasteiger charge is 2.33. The minimum atomic E-state index is -3.58. The molecule has 3 rings (SSSR count). The van der Waals surface area contributed by atoms with Gasteiger partial charge in [0.15, 0.2) is 5.04 Å². The number of fused-ring (bicyclic) bond motifs is 1. The molecule has 1 aromatic rings. The number of aliphatic imine (C=N–C) groups is 1. The maximum absolute atomic E-state index is 12.7. The molecule has 0 saturated heterocycles. The first-order chi connectivity index (χ1) is 9.54. The van der Waals surface area contributed by atoms with E-state index in [2.05, 4.69) is 4.99 Å². The van der Waals surface area contributed by atoms with Gasteiger partial charge < -0.3 is 4.74 Å². The molecule has 0 fully saturated rings. The van der Waals surface area contributed by atoms with Crippen molar-refractivity contribution in [2.45, 2.75) is 18.2 Å². The van der Waals surface area contributed by atoms with E-state index in [1.165, 1.54) is 6.20 Å². The molecule has 0 saturated carbocycles. The maximum Gasteiger partial charge on any atom is 0.219 e. The summed E-state index contributed by atoms with van der Waals surface area (Å²) in [5.41, 5.74) is 0.900. The van der Waals surface area contributed by atoms with E-state index in [0.29, 0.717) is 17.9 Å². The van der Waals surface area contributed by atoms with Crippen LogP contribution in [-0.2, 0) is 15.3 Å². The van der Waals surface area contributed by atoms with Crippen molar-refractivity contribution in [3.8, 4) is 11.8 Å². The third-order valence-electron chi connectivity index (χ3n) is 3.19. The Morgan fingerprint density at radius 3 is 3.00 bits per heavy atom. The van der Waals surface area contributed by atoms with E-state index in [0.717, 1.165) is 11.3 Å². The maximum atomic E-state index is 12.7. The lowest BCUT2D eigenvalue weighted by Gasteiger charge is -2.17. The predicted octanol–water partition coefficient (Wildman–Crippen LogP) is 2.11. The second-order valence-corrected chi connectivity index (χ2v) is 10.1. The van der Waals surface area contributed by atoms with Crippen molar-refractivity contribution in [1.82, 2.24) is 0 Å². The summed E-state index contributed by atoms with van der Waals surface area (Å²) >= 11 is 0. The van der Waals surface area contributed by atoms with Gasteiger partial charge in [-0.05, 0) is 35.6 Å². The summed E-state index contributed by atoms with van der Waals surface area (Å²) in [6, 6.07) is 6.78. The molecule has 2 heterocycles. The van der Waals surface area contributed by atoms with E-state index < -0.39 is 18.8 Å². The summed E-state index contributed by atoms with van der Waals surface area (Å²) in [6.45, 7) is 2.28. The summed E-state index contributed by atoms with van der Waals surface area (Å²) < 4.78 is 30.8. The lowest BCUT2D eigenvalue weighted by molar-refractivity contribution is 0.356. The monoisotopic (exact) mass is 308 g/mol. The van der Waals surface area contributed by atoms with Crippen LogP contribution in [0.5, 0.6) is 5.75 Å². The van der Waals surface area contributed by atoms with Gasteiger partial charge in [0.1, 0.15) is 11.8 Å². The third kappa shape index (κ3) is 1.92. The van der Waals surface area contributed by atoms with Crippen molar-refractivity contribution < 1.29 is 13.2 Å². The molecule has 2 aliphatic heterocycles. The van der Waals surface area contributed by atoms with Crippen LogP contribution >= 0.6 is 9.93 Å². The second-order valence-electron chi connectivity index (χ2n) is 4.47. The molecule has 20 heavy (non-hydrogen) atoms. The SMILES string of the molecule is CC1=CN=C(C#N)[SH]1S(=O)(=O)c1ccc2c(c1)CCO2. The van der Waals surface area contributed by atoms with E-state index in [-0.39, 0.29) is 9.94 Å². The Bertz CT molecular complexity index is 788. The van der Waals surface area contributed by atoms with Gasteiger partial charge in [-0.25, -0.2) is 13.4 Å². The number of hydrogen-bond acceptors (Lipinski definition) is 5. The Balaban J connectivity index is 2.07. The number of nitriles is 1. The fraction of sp³-hybridized carbons (Fsp3) is 0.231. The first-order valence-electron chi connectivity index (χ1n) is 6.00.